The molecule has 4 atom stereocenters. The van der Waals surface area contributed by atoms with Gasteiger partial charge in [0, 0.05) is 7.05 Å². The lowest BCUT2D eigenvalue weighted by Crippen LogP contribution is -2.47. The highest BCUT2D eigenvalue weighted by atomic mass is 35.5. The van der Waals surface area contributed by atoms with Gasteiger partial charge in [0.1, 0.15) is 17.5 Å². The Hall–Kier alpha value is -1.40. The van der Waals surface area contributed by atoms with Crippen LogP contribution in [0.1, 0.15) is 12.1 Å². The van der Waals surface area contributed by atoms with Crippen molar-refractivity contribution in [2.45, 2.75) is 31.0 Å². The molecule has 1 fully saturated rings. The fraction of sp³-hybridized carbons (Fsp3) is 0.615. The van der Waals surface area contributed by atoms with Gasteiger partial charge in [-0.2, -0.15) is 0 Å². The van der Waals surface area contributed by atoms with Gasteiger partial charge in [0.05, 0.1) is 18.8 Å². The quantitative estimate of drug-likeness (QED) is 0.380. The summed E-state index contributed by atoms with van der Waals surface area (Å²) in [7, 11) is -3.23. The molecule has 0 amide bonds. The molecule has 1 aliphatic rings. The van der Waals surface area contributed by atoms with Crippen LogP contribution in [0.5, 0.6) is 0 Å². The van der Waals surface area contributed by atoms with Gasteiger partial charge < -0.3 is 24.9 Å². The molecular weight excluding hydrogens is 408 g/mol. The topological polar surface area (TPSA) is 152 Å². The maximum absolute atomic E-state index is 14.9. The predicted molar refractivity (Wildman–Crippen MR) is 92.1 cm³/mol. The number of anilines is 1. The highest BCUT2D eigenvalue weighted by Crippen LogP contribution is 2.45. The minimum atomic E-state index is -4.88. The van der Waals surface area contributed by atoms with Crippen molar-refractivity contribution in [3.05, 3.63) is 12.2 Å². The fourth-order valence-electron chi connectivity index (χ4n) is 2.88. The van der Waals surface area contributed by atoms with Crippen LogP contribution in [-0.4, -0.2) is 71.8 Å². The summed E-state index contributed by atoms with van der Waals surface area (Å²) in [6.45, 7) is 0.840. The Labute approximate surface area is 157 Å². The van der Waals surface area contributed by atoms with E-state index in [1.54, 1.807) is 14.0 Å². The van der Waals surface area contributed by atoms with Crippen molar-refractivity contribution in [1.29, 1.82) is 0 Å². The van der Waals surface area contributed by atoms with Crippen LogP contribution in [0.2, 0.25) is 0 Å². The summed E-state index contributed by atoms with van der Waals surface area (Å²) in [5, 5.41) is 13.2. The summed E-state index contributed by atoms with van der Waals surface area (Å²) < 4.78 is 37.1. The first-order valence-corrected chi connectivity index (χ1v) is 9.83. The average Bonchev–Trinajstić information content (AvgIpc) is 3.13. The lowest BCUT2D eigenvalue weighted by molar-refractivity contribution is -0.111. The van der Waals surface area contributed by atoms with Crippen molar-refractivity contribution in [2.24, 2.45) is 0 Å². The molecule has 2 aromatic rings. The third kappa shape index (κ3) is 3.66. The molecule has 11 nitrogen and oxygen atoms in total. The summed E-state index contributed by atoms with van der Waals surface area (Å²) >= 11 is 5.83. The predicted octanol–water partition coefficient (Wildman–Crippen LogP) is 0.491. The smallest absolute Gasteiger partial charge is 0.387 e. The van der Waals surface area contributed by atoms with Crippen molar-refractivity contribution >= 4 is 36.4 Å². The highest BCUT2D eigenvalue weighted by molar-refractivity contribution is 7.46. The second kappa shape index (κ2) is 7.21. The Balaban J connectivity index is 1.99. The van der Waals surface area contributed by atoms with Gasteiger partial charge in [-0.15, -0.1) is 11.6 Å². The number of rotatable bonds is 6. The Kier molecular flexibility index (Phi) is 5.43. The number of nitrogens with one attached hydrogen (secondary N) is 1. The van der Waals surface area contributed by atoms with E-state index in [-0.39, 0.29) is 5.65 Å². The number of alkyl halides is 2. The number of halogens is 2. The van der Waals surface area contributed by atoms with E-state index < -0.39 is 44.4 Å². The monoisotopic (exact) mass is 425 g/mol. The molecule has 0 saturated carbocycles. The summed E-state index contributed by atoms with van der Waals surface area (Å²) in [5.74, 6) is 0.364. The van der Waals surface area contributed by atoms with Crippen molar-refractivity contribution in [1.82, 2.24) is 19.5 Å². The van der Waals surface area contributed by atoms with Crippen molar-refractivity contribution in [2.75, 3.05) is 24.9 Å². The molecule has 27 heavy (non-hydrogen) atoms. The second-order valence-electron chi connectivity index (χ2n) is 6.05. The number of aliphatic hydroxyl groups excluding tert-OH is 1. The van der Waals surface area contributed by atoms with Gasteiger partial charge in [0.15, 0.2) is 29.4 Å². The fourth-order valence-corrected chi connectivity index (χ4v) is 3.56. The minimum absolute atomic E-state index is 0.257. The molecule has 0 aromatic carbocycles. The molecule has 2 aromatic heterocycles. The molecular formula is C13H18ClFN5O6P. The van der Waals surface area contributed by atoms with Gasteiger partial charge in [-0.25, -0.2) is 23.9 Å². The van der Waals surface area contributed by atoms with Gasteiger partial charge in [0.25, 0.3) is 0 Å². The lowest BCUT2D eigenvalue weighted by Gasteiger charge is -2.29. The van der Waals surface area contributed by atoms with Gasteiger partial charge in [0.2, 0.25) is 0 Å². The van der Waals surface area contributed by atoms with E-state index in [1.165, 1.54) is 10.9 Å². The van der Waals surface area contributed by atoms with Crippen molar-refractivity contribution in [3.63, 3.8) is 0 Å². The van der Waals surface area contributed by atoms with Crippen LogP contribution in [0, 0.1) is 6.92 Å². The Morgan fingerprint density at radius 2 is 2.22 bits per heavy atom. The third-order valence-corrected chi connectivity index (χ3v) is 5.13. The normalized spacial score (nSPS) is 28.8. The highest BCUT2D eigenvalue weighted by Gasteiger charge is 2.56. The second-order valence-corrected chi connectivity index (χ2v) is 7.56. The number of phosphoric ester groups is 1. The molecule has 14 heteroatoms. The maximum Gasteiger partial charge on any atom is 0.469 e. The van der Waals surface area contributed by atoms with E-state index in [9.17, 15) is 14.1 Å². The molecule has 3 rings (SSSR count). The number of hydrogen-bond acceptors (Lipinski definition) is 8. The standard InChI is InChI=1S/C13H18ClFN5O6P/c1-6-18-10(16-2)8-11(19-6)20(5-17-8)12-7(15)9(21)13(3-14,26-12)4-25-27(22,23)24/h5,7,9,12,21H,3-4H2,1-2H3,(H,16,18,19)(H2,22,23,24)/t7-,9-,12+,13+/m0/s1. The van der Waals surface area contributed by atoms with Crippen LogP contribution < -0.4 is 5.32 Å². The number of aryl methyl sites for hydroxylation is 1. The first-order chi connectivity index (χ1) is 12.6. The zero-order valence-corrected chi connectivity index (χ0v) is 15.9. The number of fused-ring (bicyclic) bond motifs is 1. The summed E-state index contributed by atoms with van der Waals surface area (Å²) in [4.78, 5) is 30.4. The van der Waals surface area contributed by atoms with Crippen LogP contribution in [0.25, 0.3) is 11.2 Å². The van der Waals surface area contributed by atoms with Gasteiger partial charge in [-0.1, -0.05) is 0 Å². The van der Waals surface area contributed by atoms with E-state index in [0.29, 0.717) is 17.2 Å². The lowest BCUT2D eigenvalue weighted by atomic mass is 9.99. The Morgan fingerprint density at radius 1 is 1.52 bits per heavy atom. The molecule has 0 radical (unpaired) electrons. The van der Waals surface area contributed by atoms with Crippen LogP contribution in [0.3, 0.4) is 0 Å². The molecule has 0 spiro atoms. The van der Waals surface area contributed by atoms with E-state index in [4.69, 9.17) is 26.1 Å². The number of phosphoric acid groups is 1. The van der Waals surface area contributed by atoms with Gasteiger partial charge in [-0.05, 0) is 6.92 Å². The first-order valence-electron chi connectivity index (χ1n) is 7.77. The number of hydrogen-bond donors (Lipinski definition) is 4. The van der Waals surface area contributed by atoms with Gasteiger partial charge >= 0.3 is 7.82 Å². The SMILES string of the molecule is CNc1nc(C)nc2c1ncn2[C@@H]1O[C@](CCl)(COP(=O)(O)O)[C@@H](O)[C@@H]1F. The molecule has 0 aliphatic carbocycles. The summed E-state index contributed by atoms with van der Waals surface area (Å²) in [6, 6.07) is 0. The largest absolute Gasteiger partial charge is 0.469 e. The van der Waals surface area contributed by atoms with Crippen LogP contribution in [-0.2, 0) is 13.8 Å². The molecule has 1 saturated heterocycles. The zero-order valence-electron chi connectivity index (χ0n) is 14.3. The first kappa shape index (κ1) is 20.3. The average molecular weight is 426 g/mol. The number of aromatic nitrogens is 4. The number of aliphatic hydroxyl groups is 1. The van der Waals surface area contributed by atoms with Crippen LogP contribution in [0.4, 0.5) is 10.2 Å². The molecule has 150 valence electrons. The Morgan fingerprint density at radius 3 is 2.81 bits per heavy atom. The van der Waals surface area contributed by atoms with E-state index in [2.05, 4.69) is 24.8 Å². The summed E-state index contributed by atoms with van der Waals surface area (Å²) in [5.41, 5.74) is -1.24. The van der Waals surface area contributed by atoms with Crippen molar-refractivity contribution in [3.8, 4) is 0 Å². The van der Waals surface area contributed by atoms with Gasteiger partial charge in [-0.3, -0.25) is 9.09 Å². The van der Waals surface area contributed by atoms with E-state index in [0.717, 1.165) is 0 Å². The van der Waals surface area contributed by atoms with Crippen LogP contribution >= 0.6 is 19.4 Å². The van der Waals surface area contributed by atoms with E-state index >= 15 is 0 Å². The zero-order chi connectivity index (χ0) is 20.0. The Bertz CT molecular complexity index is 895. The third-order valence-electron chi connectivity index (χ3n) is 4.22. The molecule has 0 bridgehead atoms. The molecule has 4 N–H and O–H groups in total. The molecule has 0 unspecified atom stereocenters. The maximum atomic E-state index is 14.9. The number of nitrogens with zero attached hydrogens (tertiary/aromatic N) is 4. The molecule has 3 heterocycles. The number of ether oxygens (including phenoxy) is 1. The summed E-state index contributed by atoms with van der Waals surface area (Å²) in [6.07, 6.45) is -3.88. The number of imidazole rings is 1. The van der Waals surface area contributed by atoms with Crippen LogP contribution in [0.15, 0.2) is 6.33 Å². The van der Waals surface area contributed by atoms with E-state index in [1.807, 2.05) is 0 Å². The van der Waals surface area contributed by atoms with Crippen molar-refractivity contribution < 1.29 is 33.1 Å². The molecule has 1 aliphatic heterocycles. The minimum Gasteiger partial charge on any atom is -0.387 e.